The van der Waals surface area contributed by atoms with Gasteiger partial charge in [0.05, 0.1) is 11.5 Å². The summed E-state index contributed by atoms with van der Waals surface area (Å²) < 4.78 is 0.852. The van der Waals surface area contributed by atoms with Crippen LogP contribution in [0.3, 0.4) is 0 Å². The van der Waals surface area contributed by atoms with Gasteiger partial charge >= 0.3 is 0 Å². The van der Waals surface area contributed by atoms with E-state index in [1.165, 1.54) is 0 Å². The molecule has 1 aromatic heterocycles. The van der Waals surface area contributed by atoms with E-state index in [1.807, 2.05) is 6.07 Å². The van der Waals surface area contributed by atoms with E-state index in [2.05, 4.69) is 26.2 Å². The first-order valence-electron chi connectivity index (χ1n) is 7.28. The Hall–Kier alpha value is -0.890. The summed E-state index contributed by atoms with van der Waals surface area (Å²) in [7, 11) is 0. The number of nitrogens with two attached hydrogens (primary N) is 1. The zero-order valence-electron chi connectivity index (χ0n) is 13.6. The fourth-order valence-electron chi connectivity index (χ4n) is 2.46. The fourth-order valence-corrected chi connectivity index (χ4v) is 2.70. The predicted octanol–water partition coefficient (Wildman–Crippen LogP) is 2.60. The Morgan fingerprint density at radius 1 is 1.38 bits per heavy atom. The quantitative estimate of drug-likeness (QED) is 0.754. The van der Waals surface area contributed by atoms with Gasteiger partial charge in [-0.2, -0.15) is 0 Å². The Kier molecular flexibility index (Phi) is 9.20. The monoisotopic (exact) mass is 440 g/mol. The number of piperidine rings is 1. The van der Waals surface area contributed by atoms with Gasteiger partial charge in [-0.1, -0.05) is 0 Å². The Balaban J connectivity index is 0.00000264. The maximum absolute atomic E-state index is 12.3. The second kappa shape index (κ2) is 9.56. The summed E-state index contributed by atoms with van der Waals surface area (Å²) in [5.41, 5.74) is 4.95. The van der Waals surface area contributed by atoms with Crippen molar-refractivity contribution in [1.82, 2.24) is 9.88 Å². The van der Waals surface area contributed by atoms with E-state index < -0.39 is 5.54 Å². The largest absolute Gasteiger partial charge is 0.340 e. The summed E-state index contributed by atoms with van der Waals surface area (Å²) in [6, 6.07) is 3.55. The van der Waals surface area contributed by atoms with Gasteiger partial charge in [0.1, 0.15) is 5.82 Å². The molecule has 0 aromatic carbocycles. The molecule has 0 saturated carbocycles. The number of amides is 2. The highest BCUT2D eigenvalue weighted by Crippen LogP contribution is 2.20. The molecule has 2 amide bonds. The second-order valence-corrected chi connectivity index (χ2v) is 7.08. The van der Waals surface area contributed by atoms with E-state index in [1.54, 1.807) is 31.0 Å². The number of likely N-dealkylation sites (tertiary alicyclic amines) is 1. The van der Waals surface area contributed by atoms with Crippen molar-refractivity contribution >= 4 is 58.4 Å². The van der Waals surface area contributed by atoms with E-state index in [9.17, 15) is 9.59 Å². The molecule has 1 saturated heterocycles. The van der Waals surface area contributed by atoms with Crippen molar-refractivity contribution in [3.63, 3.8) is 0 Å². The van der Waals surface area contributed by atoms with Crippen LogP contribution in [0.5, 0.6) is 0 Å². The third-order valence-corrected chi connectivity index (χ3v) is 4.08. The Labute approximate surface area is 162 Å². The number of pyridine rings is 1. The van der Waals surface area contributed by atoms with E-state index in [0.717, 1.165) is 17.3 Å². The molecule has 0 radical (unpaired) electrons. The highest BCUT2D eigenvalue weighted by atomic mass is 79.9. The van der Waals surface area contributed by atoms with Crippen LogP contribution in [0.25, 0.3) is 0 Å². The lowest BCUT2D eigenvalue weighted by Gasteiger charge is -2.35. The molecule has 2 heterocycles. The summed E-state index contributed by atoms with van der Waals surface area (Å²) >= 11 is 3.30. The first-order chi connectivity index (χ1) is 10.3. The van der Waals surface area contributed by atoms with Crippen molar-refractivity contribution in [2.75, 3.05) is 18.4 Å². The van der Waals surface area contributed by atoms with Crippen LogP contribution in [0, 0.1) is 5.92 Å². The van der Waals surface area contributed by atoms with Crippen molar-refractivity contribution in [3.05, 3.63) is 22.8 Å². The standard InChI is InChI=1S/C15H21BrN4O2.2ClH/c1-15(2,17)14(22)20-7-3-4-10(9-20)13(21)19-12-6-5-11(16)8-18-12;;/h5-6,8,10H,3-4,7,9,17H2,1-2H3,(H,18,19,21);2*1H. The van der Waals surface area contributed by atoms with Gasteiger partial charge in [-0.15, -0.1) is 24.8 Å². The molecule has 1 aliphatic heterocycles. The topological polar surface area (TPSA) is 88.3 Å². The minimum Gasteiger partial charge on any atom is -0.340 e. The van der Waals surface area contributed by atoms with Crippen molar-refractivity contribution < 1.29 is 9.59 Å². The van der Waals surface area contributed by atoms with E-state index >= 15 is 0 Å². The van der Waals surface area contributed by atoms with Gasteiger partial charge in [0.25, 0.3) is 0 Å². The van der Waals surface area contributed by atoms with Gasteiger partial charge in [0.2, 0.25) is 11.8 Å². The number of nitrogens with zero attached hydrogens (tertiary/aromatic N) is 2. The highest BCUT2D eigenvalue weighted by Gasteiger charge is 2.33. The Morgan fingerprint density at radius 2 is 2.04 bits per heavy atom. The summed E-state index contributed by atoms with van der Waals surface area (Å²) in [6.07, 6.45) is 3.19. The first kappa shape index (κ1) is 23.1. The van der Waals surface area contributed by atoms with E-state index in [0.29, 0.717) is 18.9 Å². The Bertz CT molecular complexity index is 564. The summed E-state index contributed by atoms with van der Waals surface area (Å²) in [5.74, 6) is 0.0511. The lowest BCUT2D eigenvalue weighted by Crippen LogP contribution is -2.54. The van der Waals surface area contributed by atoms with Crippen molar-refractivity contribution in [3.8, 4) is 0 Å². The molecule has 2 rings (SSSR count). The zero-order chi connectivity index (χ0) is 16.3. The molecule has 0 bridgehead atoms. The number of rotatable bonds is 3. The van der Waals surface area contributed by atoms with Crippen LogP contribution >= 0.6 is 40.7 Å². The molecular formula is C15H23BrCl2N4O2. The predicted molar refractivity (Wildman–Crippen MR) is 103 cm³/mol. The van der Waals surface area contributed by atoms with Crippen LogP contribution in [0.1, 0.15) is 26.7 Å². The Morgan fingerprint density at radius 3 is 2.58 bits per heavy atom. The van der Waals surface area contributed by atoms with E-state index in [4.69, 9.17) is 5.73 Å². The summed E-state index contributed by atoms with van der Waals surface area (Å²) in [6.45, 7) is 4.43. The van der Waals surface area contributed by atoms with Crippen molar-refractivity contribution in [2.45, 2.75) is 32.2 Å². The summed E-state index contributed by atoms with van der Waals surface area (Å²) in [5, 5.41) is 2.80. The molecule has 24 heavy (non-hydrogen) atoms. The van der Waals surface area contributed by atoms with Crippen LogP contribution in [-0.2, 0) is 9.59 Å². The minimum absolute atomic E-state index is 0. The first-order valence-corrected chi connectivity index (χ1v) is 8.07. The third-order valence-electron chi connectivity index (χ3n) is 3.61. The summed E-state index contributed by atoms with van der Waals surface area (Å²) in [4.78, 5) is 30.4. The smallest absolute Gasteiger partial charge is 0.242 e. The number of anilines is 1. The fraction of sp³-hybridized carbons (Fsp3) is 0.533. The maximum atomic E-state index is 12.3. The average Bonchev–Trinajstić information content (AvgIpc) is 2.48. The van der Waals surface area contributed by atoms with Gasteiger partial charge < -0.3 is 16.0 Å². The number of aromatic nitrogens is 1. The zero-order valence-corrected chi connectivity index (χ0v) is 16.8. The normalized spacial score (nSPS) is 17.3. The SMILES string of the molecule is CC(C)(N)C(=O)N1CCCC(C(=O)Nc2ccc(Br)cn2)C1.Cl.Cl. The molecule has 136 valence electrons. The number of carbonyl (C=O) groups is 2. The maximum Gasteiger partial charge on any atom is 0.242 e. The number of hydrogen-bond donors (Lipinski definition) is 2. The molecular weight excluding hydrogens is 419 g/mol. The number of halogens is 3. The number of hydrogen-bond acceptors (Lipinski definition) is 4. The van der Waals surface area contributed by atoms with Gasteiger partial charge in [0.15, 0.2) is 0 Å². The average molecular weight is 442 g/mol. The lowest BCUT2D eigenvalue weighted by atomic mass is 9.95. The number of nitrogens with one attached hydrogen (secondary N) is 1. The molecule has 1 aromatic rings. The van der Waals surface area contributed by atoms with Gasteiger partial charge in [-0.3, -0.25) is 9.59 Å². The molecule has 1 aliphatic rings. The van der Waals surface area contributed by atoms with Crippen molar-refractivity contribution in [2.24, 2.45) is 11.7 Å². The third kappa shape index (κ3) is 6.20. The second-order valence-electron chi connectivity index (χ2n) is 6.16. The molecule has 1 atom stereocenters. The van der Waals surface area contributed by atoms with Gasteiger partial charge in [-0.25, -0.2) is 4.98 Å². The van der Waals surface area contributed by atoms with Crippen LogP contribution < -0.4 is 11.1 Å². The molecule has 6 nitrogen and oxygen atoms in total. The number of carbonyl (C=O) groups excluding carboxylic acids is 2. The molecule has 9 heteroatoms. The van der Waals surface area contributed by atoms with Crippen molar-refractivity contribution in [1.29, 1.82) is 0 Å². The van der Waals surface area contributed by atoms with Gasteiger partial charge in [0, 0.05) is 23.8 Å². The van der Waals surface area contributed by atoms with Crippen LogP contribution in [0.15, 0.2) is 22.8 Å². The molecule has 0 aliphatic carbocycles. The highest BCUT2D eigenvalue weighted by molar-refractivity contribution is 9.10. The minimum atomic E-state index is -0.911. The van der Waals surface area contributed by atoms with Crippen LogP contribution in [0.2, 0.25) is 0 Å². The molecule has 3 N–H and O–H groups in total. The van der Waals surface area contributed by atoms with Crippen LogP contribution in [0.4, 0.5) is 5.82 Å². The molecule has 1 unspecified atom stereocenters. The molecule has 0 spiro atoms. The van der Waals surface area contributed by atoms with Gasteiger partial charge in [-0.05, 0) is 54.8 Å². The lowest BCUT2D eigenvalue weighted by molar-refractivity contribution is -0.138. The van der Waals surface area contributed by atoms with Crippen LogP contribution in [-0.4, -0.2) is 40.3 Å². The molecule has 1 fully saturated rings. The van der Waals surface area contributed by atoms with E-state index in [-0.39, 0.29) is 42.5 Å².